The lowest BCUT2D eigenvalue weighted by molar-refractivity contribution is 1.26. The Labute approximate surface area is 122 Å². The normalized spacial score (nSPS) is 10.7. The number of hydrogen-bond donors (Lipinski definition) is 2. The first-order valence-electron chi connectivity index (χ1n) is 6.32. The van der Waals surface area contributed by atoms with Crippen LogP contribution in [0, 0.1) is 6.92 Å². The molecule has 0 fully saturated rings. The van der Waals surface area contributed by atoms with Gasteiger partial charge in [-0.3, -0.25) is 0 Å². The average molecular weight is 284 g/mol. The molecular weight excluding hydrogens is 270 g/mol. The number of halogens is 1. The third kappa shape index (κ3) is 2.40. The first kappa shape index (κ1) is 12.8. The molecule has 0 aliphatic heterocycles. The number of nitrogens with one attached hydrogen (secondary N) is 1. The van der Waals surface area contributed by atoms with E-state index in [1.54, 1.807) is 0 Å². The Morgan fingerprint density at radius 2 is 1.55 bits per heavy atom. The Hall–Kier alpha value is -2.26. The molecule has 0 radical (unpaired) electrons. The van der Waals surface area contributed by atoms with Gasteiger partial charge >= 0.3 is 0 Å². The second-order valence-electron chi connectivity index (χ2n) is 4.69. The molecule has 0 saturated heterocycles. The van der Waals surface area contributed by atoms with Gasteiger partial charge in [-0.05, 0) is 43.3 Å². The molecular formula is C16H14ClN3. The number of aryl methyl sites for hydroxylation is 1. The van der Waals surface area contributed by atoms with E-state index in [1.165, 1.54) is 0 Å². The van der Waals surface area contributed by atoms with Crippen molar-refractivity contribution in [3.63, 3.8) is 0 Å². The Kier molecular flexibility index (Phi) is 3.20. The van der Waals surface area contributed by atoms with Crippen molar-refractivity contribution in [2.45, 2.75) is 6.92 Å². The fourth-order valence-electron chi connectivity index (χ4n) is 2.13. The van der Waals surface area contributed by atoms with Gasteiger partial charge in [0.2, 0.25) is 0 Å². The van der Waals surface area contributed by atoms with E-state index >= 15 is 0 Å². The number of nitrogens with zero attached hydrogens (tertiary/aromatic N) is 1. The minimum atomic E-state index is 0.723. The van der Waals surface area contributed by atoms with Crippen LogP contribution in [0.3, 0.4) is 0 Å². The molecule has 0 aliphatic carbocycles. The van der Waals surface area contributed by atoms with E-state index in [9.17, 15) is 0 Å². The molecule has 100 valence electrons. The average Bonchev–Trinajstić information content (AvgIpc) is 2.82. The van der Waals surface area contributed by atoms with Gasteiger partial charge in [0.25, 0.3) is 0 Å². The zero-order valence-corrected chi connectivity index (χ0v) is 11.8. The van der Waals surface area contributed by atoms with Crippen LogP contribution in [0.1, 0.15) is 5.69 Å². The summed E-state index contributed by atoms with van der Waals surface area (Å²) < 4.78 is 0. The highest BCUT2D eigenvalue weighted by Gasteiger charge is 2.10. The maximum atomic E-state index is 5.91. The standard InChI is InChI=1S/C16H14ClN3/c1-10-15(11-2-6-13(17)7-3-11)20-16(19-10)12-4-8-14(18)9-5-12/h2-9H,18H2,1H3,(H,19,20). The van der Waals surface area contributed by atoms with Crippen molar-refractivity contribution in [2.24, 2.45) is 0 Å². The molecule has 0 bridgehead atoms. The SMILES string of the molecule is Cc1[nH]c(-c2ccc(N)cc2)nc1-c1ccc(Cl)cc1. The molecule has 3 N–H and O–H groups in total. The molecule has 2 aromatic carbocycles. The van der Waals surface area contributed by atoms with E-state index in [2.05, 4.69) is 9.97 Å². The van der Waals surface area contributed by atoms with E-state index in [4.69, 9.17) is 17.3 Å². The van der Waals surface area contributed by atoms with Crippen LogP contribution in [-0.4, -0.2) is 9.97 Å². The molecule has 1 aromatic heterocycles. The minimum absolute atomic E-state index is 0.723. The fourth-order valence-corrected chi connectivity index (χ4v) is 2.25. The topological polar surface area (TPSA) is 54.7 Å². The zero-order chi connectivity index (χ0) is 14.1. The molecule has 0 saturated carbocycles. The van der Waals surface area contributed by atoms with E-state index in [-0.39, 0.29) is 0 Å². The number of imidazole rings is 1. The number of nitrogen functional groups attached to an aromatic ring is 1. The third-order valence-electron chi connectivity index (χ3n) is 3.19. The Morgan fingerprint density at radius 1 is 0.950 bits per heavy atom. The Balaban J connectivity index is 2.02. The summed E-state index contributed by atoms with van der Waals surface area (Å²) in [6.07, 6.45) is 0. The number of aromatic amines is 1. The molecule has 0 atom stereocenters. The highest BCUT2D eigenvalue weighted by atomic mass is 35.5. The Morgan fingerprint density at radius 3 is 2.20 bits per heavy atom. The molecule has 0 spiro atoms. The predicted octanol–water partition coefficient (Wildman–Crippen LogP) is 4.29. The highest BCUT2D eigenvalue weighted by Crippen LogP contribution is 2.26. The summed E-state index contributed by atoms with van der Waals surface area (Å²) in [6.45, 7) is 2.01. The molecule has 0 aliphatic rings. The van der Waals surface area contributed by atoms with Gasteiger partial charge in [0.15, 0.2) is 0 Å². The summed E-state index contributed by atoms with van der Waals surface area (Å²) in [6, 6.07) is 15.3. The monoisotopic (exact) mass is 283 g/mol. The lowest BCUT2D eigenvalue weighted by atomic mass is 10.1. The van der Waals surface area contributed by atoms with Crippen LogP contribution < -0.4 is 5.73 Å². The first-order chi connectivity index (χ1) is 9.63. The molecule has 3 rings (SSSR count). The molecule has 1 heterocycles. The van der Waals surface area contributed by atoms with Gasteiger partial charge in [-0.25, -0.2) is 4.98 Å². The highest BCUT2D eigenvalue weighted by molar-refractivity contribution is 6.30. The van der Waals surface area contributed by atoms with Gasteiger partial charge in [0, 0.05) is 27.5 Å². The summed E-state index contributed by atoms with van der Waals surface area (Å²) >= 11 is 5.91. The number of benzene rings is 2. The minimum Gasteiger partial charge on any atom is -0.399 e. The number of anilines is 1. The van der Waals surface area contributed by atoms with Crippen molar-refractivity contribution < 1.29 is 0 Å². The van der Waals surface area contributed by atoms with Crippen molar-refractivity contribution in [1.29, 1.82) is 0 Å². The maximum absolute atomic E-state index is 5.91. The van der Waals surface area contributed by atoms with Crippen LogP contribution in [0.4, 0.5) is 5.69 Å². The van der Waals surface area contributed by atoms with Crippen molar-refractivity contribution in [3.05, 3.63) is 59.2 Å². The molecule has 3 nitrogen and oxygen atoms in total. The van der Waals surface area contributed by atoms with Crippen molar-refractivity contribution in [1.82, 2.24) is 9.97 Å². The number of aromatic nitrogens is 2. The van der Waals surface area contributed by atoms with Gasteiger partial charge in [-0.15, -0.1) is 0 Å². The van der Waals surface area contributed by atoms with Crippen molar-refractivity contribution >= 4 is 17.3 Å². The summed E-state index contributed by atoms with van der Waals surface area (Å²) in [5.41, 5.74) is 10.5. The van der Waals surface area contributed by atoms with Crippen LogP contribution in [-0.2, 0) is 0 Å². The summed E-state index contributed by atoms with van der Waals surface area (Å²) in [4.78, 5) is 7.98. The van der Waals surface area contributed by atoms with Gasteiger partial charge in [-0.2, -0.15) is 0 Å². The van der Waals surface area contributed by atoms with E-state index in [0.717, 1.165) is 39.0 Å². The van der Waals surface area contributed by atoms with E-state index in [0.29, 0.717) is 0 Å². The van der Waals surface area contributed by atoms with Crippen molar-refractivity contribution in [3.8, 4) is 22.6 Å². The molecule has 20 heavy (non-hydrogen) atoms. The number of hydrogen-bond acceptors (Lipinski definition) is 2. The first-order valence-corrected chi connectivity index (χ1v) is 6.70. The fraction of sp³-hybridized carbons (Fsp3) is 0.0625. The number of nitrogens with two attached hydrogens (primary N) is 1. The second-order valence-corrected chi connectivity index (χ2v) is 5.12. The smallest absolute Gasteiger partial charge is 0.138 e. The lowest BCUT2D eigenvalue weighted by Gasteiger charge is -1.98. The van der Waals surface area contributed by atoms with Crippen molar-refractivity contribution in [2.75, 3.05) is 5.73 Å². The van der Waals surface area contributed by atoms with Gasteiger partial charge in [0.1, 0.15) is 5.82 Å². The van der Waals surface area contributed by atoms with E-state index < -0.39 is 0 Å². The summed E-state index contributed by atoms with van der Waals surface area (Å²) in [5.74, 6) is 0.840. The van der Waals surface area contributed by atoms with Gasteiger partial charge in [-0.1, -0.05) is 23.7 Å². The molecule has 4 heteroatoms. The van der Waals surface area contributed by atoms with Crippen LogP contribution >= 0.6 is 11.6 Å². The van der Waals surface area contributed by atoms with Crippen LogP contribution in [0.2, 0.25) is 5.02 Å². The number of H-pyrrole nitrogens is 1. The quantitative estimate of drug-likeness (QED) is 0.689. The van der Waals surface area contributed by atoms with Gasteiger partial charge < -0.3 is 10.7 Å². The molecule has 0 amide bonds. The van der Waals surface area contributed by atoms with Crippen LogP contribution in [0.25, 0.3) is 22.6 Å². The largest absolute Gasteiger partial charge is 0.399 e. The summed E-state index contributed by atoms with van der Waals surface area (Å²) in [7, 11) is 0. The maximum Gasteiger partial charge on any atom is 0.138 e. The Bertz CT molecular complexity index is 727. The van der Waals surface area contributed by atoms with Crippen LogP contribution in [0.15, 0.2) is 48.5 Å². The third-order valence-corrected chi connectivity index (χ3v) is 3.44. The molecule has 3 aromatic rings. The lowest BCUT2D eigenvalue weighted by Crippen LogP contribution is -1.85. The van der Waals surface area contributed by atoms with Crippen LogP contribution in [0.5, 0.6) is 0 Å². The zero-order valence-electron chi connectivity index (χ0n) is 11.0. The van der Waals surface area contributed by atoms with Gasteiger partial charge in [0.05, 0.1) is 5.69 Å². The predicted molar refractivity (Wildman–Crippen MR) is 83.6 cm³/mol. The number of rotatable bonds is 2. The molecule has 0 unspecified atom stereocenters. The van der Waals surface area contributed by atoms with E-state index in [1.807, 2.05) is 55.5 Å². The summed E-state index contributed by atoms with van der Waals surface area (Å²) in [5, 5.41) is 0.723. The second kappa shape index (κ2) is 5.02.